The van der Waals surface area contributed by atoms with E-state index < -0.39 is 11.9 Å². The lowest BCUT2D eigenvalue weighted by molar-refractivity contribution is -0.135. The van der Waals surface area contributed by atoms with Crippen molar-refractivity contribution in [3.05, 3.63) is 64.4 Å². The van der Waals surface area contributed by atoms with Gasteiger partial charge in [-0.05, 0) is 30.3 Å². The van der Waals surface area contributed by atoms with Gasteiger partial charge in [-0.3, -0.25) is 9.59 Å². The van der Waals surface area contributed by atoms with Gasteiger partial charge >= 0.3 is 5.97 Å². The fourth-order valence-corrected chi connectivity index (χ4v) is 5.00. The zero-order chi connectivity index (χ0) is 28.6. The van der Waals surface area contributed by atoms with E-state index in [1.807, 2.05) is 0 Å². The van der Waals surface area contributed by atoms with Gasteiger partial charge in [0.2, 0.25) is 5.78 Å². The van der Waals surface area contributed by atoms with Gasteiger partial charge < -0.3 is 37.9 Å². The van der Waals surface area contributed by atoms with Gasteiger partial charge in [0.25, 0.3) is 0 Å². The SMILES string of the molecule is COc1cc(OC)c(OC)cc1/C=C1/Oc2c(ccc3c2C(c2cc(OC)c(OC)cc2OC)CC(=O)O3)C1=O. The van der Waals surface area contributed by atoms with Crippen molar-refractivity contribution in [3.63, 3.8) is 0 Å². The molecule has 5 rings (SSSR count). The number of benzene rings is 3. The highest BCUT2D eigenvalue weighted by Crippen LogP contribution is 2.52. The first-order chi connectivity index (χ1) is 19.4. The van der Waals surface area contributed by atoms with Crippen LogP contribution in [0.4, 0.5) is 0 Å². The Labute approximate surface area is 230 Å². The van der Waals surface area contributed by atoms with Gasteiger partial charge in [-0.25, -0.2) is 0 Å². The predicted molar refractivity (Wildman–Crippen MR) is 144 cm³/mol. The second-order valence-electron chi connectivity index (χ2n) is 8.92. The first-order valence-electron chi connectivity index (χ1n) is 12.3. The molecule has 0 amide bonds. The van der Waals surface area contributed by atoms with Gasteiger partial charge in [0.05, 0.1) is 54.6 Å². The Hall–Kier alpha value is -4.86. The zero-order valence-electron chi connectivity index (χ0n) is 22.9. The third-order valence-electron chi connectivity index (χ3n) is 6.91. The molecule has 0 bridgehead atoms. The van der Waals surface area contributed by atoms with E-state index >= 15 is 0 Å². The van der Waals surface area contributed by atoms with E-state index in [0.29, 0.717) is 68.2 Å². The minimum absolute atomic E-state index is 0.00457. The molecule has 2 heterocycles. The molecule has 3 aromatic rings. The van der Waals surface area contributed by atoms with Crippen molar-refractivity contribution in [2.75, 3.05) is 42.7 Å². The maximum atomic E-state index is 13.5. The summed E-state index contributed by atoms with van der Waals surface area (Å²) >= 11 is 0. The molecule has 40 heavy (non-hydrogen) atoms. The summed E-state index contributed by atoms with van der Waals surface area (Å²) in [6.07, 6.45) is 1.58. The molecule has 0 aromatic heterocycles. The molecule has 1 atom stereocenters. The van der Waals surface area contributed by atoms with Crippen LogP contribution in [0.5, 0.6) is 46.0 Å². The van der Waals surface area contributed by atoms with Gasteiger partial charge in [0.1, 0.15) is 23.0 Å². The molecule has 0 radical (unpaired) electrons. The minimum atomic E-state index is -0.552. The normalized spacial score (nSPS) is 16.4. The number of allylic oxidation sites excluding steroid dienone is 1. The minimum Gasteiger partial charge on any atom is -0.496 e. The van der Waals surface area contributed by atoms with Crippen LogP contribution in [0.2, 0.25) is 0 Å². The van der Waals surface area contributed by atoms with E-state index in [4.69, 9.17) is 37.9 Å². The van der Waals surface area contributed by atoms with Crippen molar-refractivity contribution in [2.45, 2.75) is 12.3 Å². The van der Waals surface area contributed by atoms with Gasteiger partial charge in [-0.15, -0.1) is 0 Å². The average molecular weight is 549 g/mol. The Morgan fingerprint density at radius 3 is 1.90 bits per heavy atom. The molecule has 10 nitrogen and oxygen atoms in total. The van der Waals surface area contributed by atoms with Crippen LogP contribution in [-0.2, 0) is 4.79 Å². The van der Waals surface area contributed by atoms with E-state index in [-0.39, 0.29) is 18.0 Å². The van der Waals surface area contributed by atoms with Gasteiger partial charge in [0, 0.05) is 34.7 Å². The summed E-state index contributed by atoms with van der Waals surface area (Å²) < 4.78 is 44.7. The van der Waals surface area contributed by atoms with Crippen molar-refractivity contribution in [1.82, 2.24) is 0 Å². The highest BCUT2D eigenvalue weighted by molar-refractivity contribution is 6.15. The number of carbonyl (C=O) groups is 2. The second-order valence-corrected chi connectivity index (χ2v) is 8.92. The van der Waals surface area contributed by atoms with E-state index in [1.165, 1.54) is 42.7 Å². The van der Waals surface area contributed by atoms with E-state index in [1.54, 1.807) is 42.5 Å². The number of esters is 1. The molecule has 1 unspecified atom stereocenters. The number of rotatable bonds is 8. The number of hydrogen-bond acceptors (Lipinski definition) is 10. The molecular formula is C30H28O10. The molecule has 0 saturated heterocycles. The van der Waals surface area contributed by atoms with E-state index in [2.05, 4.69) is 0 Å². The molecule has 0 spiro atoms. The van der Waals surface area contributed by atoms with Crippen molar-refractivity contribution < 1.29 is 47.5 Å². The van der Waals surface area contributed by atoms with Crippen LogP contribution in [-0.4, -0.2) is 54.4 Å². The molecule has 0 saturated carbocycles. The lowest BCUT2D eigenvalue weighted by Gasteiger charge is -2.28. The van der Waals surface area contributed by atoms with Crippen LogP contribution >= 0.6 is 0 Å². The Bertz CT molecular complexity index is 1540. The summed E-state index contributed by atoms with van der Waals surface area (Å²) in [5.41, 5.74) is 2.10. The Morgan fingerprint density at radius 1 is 0.700 bits per heavy atom. The topological polar surface area (TPSA) is 108 Å². The average Bonchev–Trinajstić information content (AvgIpc) is 3.29. The number of Topliss-reactive ketones (excluding diaryl/α,β-unsaturated/α-hetero) is 1. The van der Waals surface area contributed by atoms with Crippen molar-refractivity contribution in [3.8, 4) is 46.0 Å². The van der Waals surface area contributed by atoms with Crippen LogP contribution in [0, 0.1) is 0 Å². The van der Waals surface area contributed by atoms with Crippen molar-refractivity contribution >= 4 is 17.8 Å². The zero-order valence-corrected chi connectivity index (χ0v) is 22.9. The quantitative estimate of drug-likeness (QED) is 0.221. The Kier molecular flexibility index (Phi) is 7.17. The highest BCUT2D eigenvalue weighted by atomic mass is 16.5. The van der Waals surface area contributed by atoms with Crippen LogP contribution < -0.4 is 37.9 Å². The number of methoxy groups -OCH3 is 6. The molecule has 208 valence electrons. The van der Waals surface area contributed by atoms with Crippen molar-refractivity contribution in [1.29, 1.82) is 0 Å². The number of ketones is 1. The largest absolute Gasteiger partial charge is 0.496 e. The van der Waals surface area contributed by atoms with Crippen LogP contribution in [0.1, 0.15) is 39.4 Å². The first-order valence-corrected chi connectivity index (χ1v) is 12.3. The lowest BCUT2D eigenvalue weighted by Crippen LogP contribution is -2.22. The number of ether oxygens (including phenoxy) is 8. The molecule has 2 aliphatic rings. The van der Waals surface area contributed by atoms with Crippen LogP contribution in [0.3, 0.4) is 0 Å². The molecule has 10 heteroatoms. The van der Waals surface area contributed by atoms with Crippen LogP contribution in [0.25, 0.3) is 6.08 Å². The third-order valence-corrected chi connectivity index (χ3v) is 6.91. The standard InChI is InChI=1S/C30H28O10/c1-33-20-13-24(37-5)22(35-3)9-15(20)10-26-29(32)16-7-8-19-28(30(16)40-26)18(12-27(31)39-19)17-11-23(36-4)25(38-6)14-21(17)34-2/h7-11,13-14,18H,12H2,1-6H3/b26-10+. The van der Waals surface area contributed by atoms with Crippen LogP contribution in [0.15, 0.2) is 42.2 Å². The molecule has 0 N–H and O–H groups in total. The summed E-state index contributed by atoms with van der Waals surface area (Å²) in [5, 5.41) is 0. The highest BCUT2D eigenvalue weighted by Gasteiger charge is 2.40. The monoisotopic (exact) mass is 548 g/mol. The molecule has 0 aliphatic carbocycles. The molecular weight excluding hydrogens is 520 g/mol. The summed E-state index contributed by atoms with van der Waals surface area (Å²) in [5.74, 6) is 2.19. The van der Waals surface area contributed by atoms with E-state index in [9.17, 15) is 9.59 Å². The lowest BCUT2D eigenvalue weighted by atomic mass is 9.84. The van der Waals surface area contributed by atoms with E-state index in [0.717, 1.165) is 0 Å². The summed E-state index contributed by atoms with van der Waals surface area (Å²) in [4.78, 5) is 26.2. The smallest absolute Gasteiger partial charge is 0.312 e. The van der Waals surface area contributed by atoms with Gasteiger partial charge in [-0.1, -0.05) is 0 Å². The maximum absolute atomic E-state index is 13.5. The van der Waals surface area contributed by atoms with Gasteiger partial charge in [-0.2, -0.15) is 0 Å². The number of carbonyl (C=O) groups excluding carboxylic acids is 2. The first kappa shape index (κ1) is 26.7. The van der Waals surface area contributed by atoms with Crippen molar-refractivity contribution in [2.24, 2.45) is 0 Å². The second kappa shape index (κ2) is 10.7. The Morgan fingerprint density at radius 2 is 1.27 bits per heavy atom. The fourth-order valence-electron chi connectivity index (χ4n) is 5.00. The third kappa shape index (κ3) is 4.41. The molecule has 2 aliphatic heterocycles. The van der Waals surface area contributed by atoms with Gasteiger partial charge in [0.15, 0.2) is 28.8 Å². The summed E-state index contributed by atoms with van der Waals surface area (Å²) in [6.45, 7) is 0. The fraction of sp³-hybridized carbons (Fsp3) is 0.267. The summed E-state index contributed by atoms with van der Waals surface area (Å²) in [7, 11) is 9.13. The summed E-state index contributed by atoms with van der Waals surface area (Å²) in [6, 6.07) is 10.00. The predicted octanol–water partition coefficient (Wildman–Crippen LogP) is 4.80. The number of fused-ring (bicyclic) bond motifs is 3. The Balaban J connectivity index is 1.64. The molecule has 3 aromatic carbocycles. The number of hydrogen-bond donors (Lipinski definition) is 0. The maximum Gasteiger partial charge on any atom is 0.312 e. The molecule has 0 fully saturated rings.